The number of benzene rings is 1. The predicted octanol–water partition coefficient (Wildman–Crippen LogP) is 3.17. The van der Waals surface area contributed by atoms with Crippen molar-refractivity contribution in [3.63, 3.8) is 0 Å². The van der Waals surface area contributed by atoms with E-state index in [4.69, 9.17) is 9.47 Å². The Balaban J connectivity index is 2.04. The Labute approximate surface area is 187 Å². The van der Waals surface area contributed by atoms with Gasteiger partial charge in [0.05, 0.1) is 24.3 Å². The average molecular weight is 449 g/mol. The maximum Gasteiger partial charge on any atom is 0.350 e. The van der Waals surface area contributed by atoms with Crippen LogP contribution in [0.1, 0.15) is 69.6 Å². The predicted molar refractivity (Wildman–Crippen MR) is 119 cm³/mol. The van der Waals surface area contributed by atoms with Gasteiger partial charge in [-0.15, -0.1) is 5.10 Å². The summed E-state index contributed by atoms with van der Waals surface area (Å²) >= 11 is 0. The van der Waals surface area contributed by atoms with E-state index in [1.165, 1.54) is 10.6 Å². The summed E-state index contributed by atoms with van der Waals surface area (Å²) in [7, 11) is 1.60. The quantitative estimate of drug-likeness (QED) is 0.670. The van der Waals surface area contributed by atoms with Crippen LogP contribution in [0.3, 0.4) is 0 Å². The molecule has 32 heavy (non-hydrogen) atoms. The standard InChI is InChI=1S/C23H33FN4O4/c1-13(2)9-15(5)32-20-11-19(28-23(30)27(6)21(26-28)14(3)4)18(24)10-17(20)22(29)25-16-7-8-31-12-16/h10-11,13-16H,7-9,12H2,1-6H3,(H,25,29). The Morgan fingerprint density at radius 2 is 2.03 bits per heavy atom. The molecule has 0 aliphatic carbocycles. The van der Waals surface area contributed by atoms with E-state index < -0.39 is 17.4 Å². The largest absolute Gasteiger partial charge is 0.490 e. The van der Waals surface area contributed by atoms with Gasteiger partial charge in [-0.3, -0.25) is 9.36 Å². The Morgan fingerprint density at radius 3 is 2.59 bits per heavy atom. The number of carbonyl (C=O) groups excluding carboxylic acids is 1. The van der Waals surface area contributed by atoms with Crippen LogP contribution in [-0.2, 0) is 11.8 Å². The molecule has 9 heteroatoms. The molecule has 2 unspecified atom stereocenters. The van der Waals surface area contributed by atoms with Crippen LogP contribution >= 0.6 is 0 Å². The molecule has 1 N–H and O–H groups in total. The Morgan fingerprint density at radius 1 is 1.31 bits per heavy atom. The summed E-state index contributed by atoms with van der Waals surface area (Å²) in [5.41, 5.74) is -0.430. The summed E-state index contributed by atoms with van der Waals surface area (Å²) in [6, 6.07) is 2.39. The zero-order valence-corrected chi connectivity index (χ0v) is 19.6. The van der Waals surface area contributed by atoms with Gasteiger partial charge in [-0.25, -0.2) is 9.18 Å². The zero-order valence-electron chi connectivity index (χ0n) is 19.6. The fraction of sp³-hybridized carbons (Fsp3) is 0.609. The van der Waals surface area contributed by atoms with Crippen molar-refractivity contribution < 1.29 is 18.7 Å². The van der Waals surface area contributed by atoms with E-state index >= 15 is 4.39 Å². The normalized spacial score (nSPS) is 17.2. The van der Waals surface area contributed by atoms with Crippen molar-refractivity contribution in [3.05, 3.63) is 39.8 Å². The topological polar surface area (TPSA) is 87.4 Å². The number of ether oxygens (including phenoxy) is 2. The van der Waals surface area contributed by atoms with Gasteiger partial charge in [0.25, 0.3) is 5.91 Å². The third-order valence-corrected chi connectivity index (χ3v) is 5.45. The molecule has 1 aromatic carbocycles. The summed E-state index contributed by atoms with van der Waals surface area (Å²) in [5.74, 6) is -0.0452. The van der Waals surface area contributed by atoms with Crippen LogP contribution in [0.4, 0.5) is 4.39 Å². The summed E-state index contributed by atoms with van der Waals surface area (Å²) in [6.45, 7) is 10.9. The van der Waals surface area contributed by atoms with Gasteiger partial charge >= 0.3 is 5.69 Å². The lowest BCUT2D eigenvalue weighted by molar-refractivity contribution is 0.0921. The Bertz CT molecular complexity index is 1020. The summed E-state index contributed by atoms with van der Waals surface area (Å²) in [5, 5.41) is 7.20. The highest BCUT2D eigenvalue weighted by Gasteiger charge is 2.25. The van der Waals surface area contributed by atoms with Gasteiger partial charge in [0.2, 0.25) is 0 Å². The van der Waals surface area contributed by atoms with Crippen LogP contribution in [0.5, 0.6) is 5.75 Å². The van der Waals surface area contributed by atoms with Crippen molar-refractivity contribution in [2.45, 2.75) is 65.5 Å². The number of aromatic nitrogens is 3. The minimum absolute atomic E-state index is 0.0162. The molecule has 0 saturated carbocycles. The van der Waals surface area contributed by atoms with Gasteiger partial charge in [0.1, 0.15) is 23.1 Å². The first-order valence-corrected chi connectivity index (χ1v) is 11.1. The molecule has 1 fully saturated rings. The highest BCUT2D eigenvalue weighted by Crippen LogP contribution is 2.28. The lowest BCUT2D eigenvalue weighted by Gasteiger charge is -2.20. The van der Waals surface area contributed by atoms with Gasteiger partial charge in [-0.05, 0) is 31.7 Å². The van der Waals surface area contributed by atoms with E-state index in [0.29, 0.717) is 31.4 Å². The van der Waals surface area contributed by atoms with Crippen molar-refractivity contribution >= 4 is 5.91 Å². The zero-order chi connectivity index (χ0) is 23.6. The van der Waals surface area contributed by atoms with Gasteiger partial charge < -0.3 is 14.8 Å². The van der Waals surface area contributed by atoms with Gasteiger partial charge in [-0.2, -0.15) is 4.68 Å². The molecule has 0 radical (unpaired) electrons. The molecular formula is C23H33FN4O4. The summed E-state index contributed by atoms with van der Waals surface area (Å²) in [4.78, 5) is 25.7. The molecule has 2 atom stereocenters. The lowest BCUT2D eigenvalue weighted by atomic mass is 10.1. The smallest absolute Gasteiger partial charge is 0.350 e. The number of carbonyl (C=O) groups is 1. The maximum absolute atomic E-state index is 15.2. The molecule has 0 bridgehead atoms. The molecule has 8 nitrogen and oxygen atoms in total. The first-order chi connectivity index (χ1) is 15.1. The fourth-order valence-electron chi connectivity index (χ4n) is 3.93. The van der Waals surface area contributed by atoms with Crippen LogP contribution in [0.25, 0.3) is 5.69 Å². The van der Waals surface area contributed by atoms with Crippen LogP contribution in [0.2, 0.25) is 0 Å². The molecule has 2 heterocycles. The van der Waals surface area contributed by atoms with E-state index in [1.54, 1.807) is 7.05 Å². The van der Waals surface area contributed by atoms with E-state index in [0.717, 1.165) is 17.2 Å². The van der Waals surface area contributed by atoms with Crippen LogP contribution in [0.15, 0.2) is 16.9 Å². The number of nitrogens with zero attached hydrogens (tertiary/aromatic N) is 3. The number of amides is 1. The second-order valence-corrected chi connectivity index (χ2v) is 9.16. The second-order valence-electron chi connectivity index (χ2n) is 9.16. The molecule has 0 spiro atoms. The van der Waals surface area contributed by atoms with E-state index in [9.17, 15) is 9.59 Å². The Kier molecular flexibility index (Phi) is 7.38. The number of nitrogens with one attached hydrogen (secondary N) is 1. The van der Waals surface area contributed by atoms with Gasteiger partial charge in [-0.1, -0.05) is 27.7 Å². The fourth-order valence-corrected chi connectivity index (χ4v) is 3.93. The second kappa shape index (κ2) is 9.85. The SMILES string of the molecule is CC(C)CC(C)Oc1cc(-n2nc(C(C)C)n(C)c2=O)c(F)cc1C(=O)NC1CCOC1. The van der Waals surface area contributed by atoms with Crippen molar-refractivity contribution in [1.82, 2.24) is 19.7 Å². The van der Waals surface area contributed by atoms with Crippen molar-refractivity contribution in [3.8, 4) is 11.4 Å². The first kappa shape index (κ1) is 24.0. The summed E-state index contributed by atoms with van der Waals surface area (Å²) in [6.07, 6.45) is 1.25. The molecule has 1 aromatic heterocycles. The lowest BCUT2D eigenvalue weighted by Crippen LogP contribution is -2.35. The highest BCUT2D eigenvalue weighted by molar-refractivity contribution is 5.97. The number of halogens is 1. The number of hydrogen-bond donors (Lipinski definition) is 1. The van der Waals surface area contributed by atoms with Crippen LogP contribution in [-0.4, -0.2) is 45.6 Å². The Hall–Kier alpha value is -2.68. The molecular weight excluding hydrogens is 415 g/mol. The minimum Gasteiger partial charge on any atom is -0.490 e. The highest BCUT2D eigenvalue weighted by atomic mass is 19.1. The van der Waals surface area contributed by atoms with Crippen LogP contribution in [0, 0.1) is 11.7 Å². The third kappa shape index (κ3) is 5.20. The molecule has 3 rings (SSSR count). The first-order valence-electron chi connectivity index (χ1n) is 11.1. The number of hydrogen-bond acceptors (Lipinski definition) is 5. The van der Waals surface area contributed by atoms with Crippen molar-refractivity contribution in [2.24, 2.45) is 13.0 Å². The maximum atomic E-state index is 15.2. The molecule has 176 valence electrons. The van der Waals surface area contributed by atoms with Gasteiger partial charge in [0.15, 0.2) is 0 Å². The molecule has 1 aliphatic rings. The monoisotopic (exact) mass is 448 g/mol. The van der Waals surface area contributed by atoms with Crippen molar-refractivity contribution in [2.75, 3.05) is 13.2 Å². The molecule has 1 saturated heterocycles. The molecule has 1 aliphatic heterocycles. The molecule has 2 aromatic rings. The third-order valence-electron chi connectivity index (χ3n) is 5.45. The average Bonchev–Trinajstić information content (AvgIpc) is 3.31. The van der Waals surface area contributed by atoms with E-state index in [2.05, 4.69) is 24.3 Å². The van der Waals surface area contributed by atoms with E-state index in [-0.39, 0.29) is 35.1 Å². The van der Waals surface area contributed by atoms with Gasteiger partial charge in [0, 0.05) is 25.6 Å². The minimum atomic E-state index is -0.725. The summed E-state index contributed by atoms with van der Waals surface area (Å²) < 4.78 is 29.0. The number of rotatable bonds is 8. The molecule has 1 amide bonds. The van der Waals surface area contributed by atoms with Crippen LogP contribution < -0.4 is 15.7 Å². The van der Waals surface area contributed by atoms with Crippen molar-refractivity contribution in [1.29, 1.82) is 0 Å². The van der Waals surface area contributed by atoms with E-state index in [1.807, 2.05) is 20.8 Å².